The van der Waals surface area contributed by atoms with Gasteiger partial charge in [-0.05, 0) is 94.4 Å². The lowest BCUT2D eigenvalue weighted by molar-refractivity contribution is -0.113. The van der Waals surface area contributed by atoms with E-state index in [2.05, 4.69) is 39.4 Å². The van der Waals surface area contributed by atoms with Crippen molar-refractivity contribution in [3.63, 3.8) is 0 Å². The fourth-order valence-corrected chi connectivity index (χ4v) is 5.63. The first-order valence-corrected chi connectivity index (χ1v) is 14.1. The van der Waals surface area contributed by atoms with Crippen molar-refractivity contribution >= 4 is 17.9 Å². The second-order valence-electron chi connectivity index (χ2n) is 11.2. The molecule has 8 nitrogen and oxygen atoms in total. The molecule has 4 aromatic rings. The van der Waals surface area contributed by atoms with Crippen LogP contribution >= 0.6 is 0 Å². The van der Waals surface area contributed by atoms with Gasteiger partial charge in [0.1, 0.15) is 11.5 Å². The van der Waals surface area contributed by atoms with Crippen molar-refractivity contribution in [2.45, 2.75) is 40.8 Å². The van der Waals surface area contributed by atoms with Gasteiger partial charge in [-0.3, -0.25) is 19.1 Å². The highest BCUT2D eigenvalue weighted by molar-refractivity contribution is 6.14. The van der Waals surface area contributed by atoms with Crippen LogP contribution < -0.4 is 9.47 Å². The molecule has 5 rings (SSSR count). The second kappa shape index (κ2) is 12.2. The van der Waals surface area contributed by atoms with E-state index in [1.165, 1.54) is 0 Å². The summed E-state index contributed by atoms with van der Waals surface area (Å²) in [7, 11) is 5.39. The number of aryl methyl sites for hydroxylation is 4. The Kier molecular flexibility index (Phi) is 8.45. The van der Waals surface area contributed by atoms with Crippen LogP contribution in [0.1, 0.15) is 45.0 Å². The molecule has 0 amide bonds. The molecule has 2 aromatic carbocycles. The average Bonchev–Trinajstić information content (AvgIpc) is 3.44. The van der Waals surface area contributed by atoms with Gasteiger partial charge in [0, 0.05) is 46.8 Å². The van der Waals surface area contributed by atoms with E-state index in [4.69, 9.17) is 9.47 Å². The van der Waals surface area contributed by atoms with Crippen LogP contribution in [0.25, 0.3) is 12.2 Å². The second-order valence-corrected chi connectivity index (χ2v) is 11.2. The van der Waals surface area contributed by atoms with Gasteiger partial charge in [-0.2, -0.15) is 10.2 Å². The Morgan fingerprint density at radius 3 is 1.50 bits per heavy atom. The van der Waals surface area contributed by atoms with Gasteiger partial charge in [-0.25, -0.2) is 0 Å². The Balaban J connectivity index is 1.43. The first kappa shape index (κ1) is 29.1. The smallest absolute Gasteiger partial charge is 0.187 e. The lowest BCUT2D eigenvalue weighted by Crippen LogP contribution is -2.34. The molecule has 0 unspecified atom stereocenters. The first-order valence-electron chi connectivity index (χ1n) is 14.1. The summed E-state index contributed by atoms with van der Waals surface area (Å²) in [4.78, 5) is 15.9. The Morgan fingerprint density at radius 1 is 0.714 bits per heavy atom. The summed E-state index contributed by atoms with van der Waals surface area (Å²) in [5.41, 5.74) is 9.61. The molecule has 0 N–H and O–H groups in total. The molecule has 2 aromatic heterocycles. The highest BCUT2D eigenvalue weighted by Gasteiger charge is 2.24. The maximum Gasteiger partial charge on any atom is 0.187 e. The van der Waals surface area contributed by atoms with Crippen molar-refractivity contribution < 1.29 is 14.3 Å². The predicted molar refractivity (Wildman–Crippen MR) is 166 cm³/mol. The standard InChI is InChI=1S/C34H39N5O3/c1-22-12-24(3)38(35-22)20-28-14-26(8-10-32(28)41-6)16-30-18-37(5)19-31(34(30)40)17-27-9-11-33(42-7)29(15-27)21-39-25(4)13-23(2)36-39/h8-17H,18-21H2,1-7H3. The van der Waals surface area contributed by atoms with Gasteiger partial charge in [0.15, 0.2) is 5.78 Å². The fraction of sp³-hybridized carbons (Fsp3) is 0.324. The zero-order valence-corrected chi connectivity index (χ0v) is 25.6. The zero-order chi connectivity index (χ0) is 30.0. The number of piperidine rings is 1. The summed E-state index contributed by atoms with van der Waals surface area (Å²) in [6, 6.07) is 16.2. The summed E-state index contributed by atoms with van der Waals surface area (Å²) >= 11 is 0. The van der Waals surface area contributed by atoms with Crippen molar-refractivity contribution in [3.05, 3.63) is 105 Å². The monoisotopic (exact) mass is 565 g/mol. The third-order valence-electron chi connectivity index (χ3n) is 7.60. The summed E-state index contributed by atoms with van der Waals surface area (Å²) in [5, 5.41) is 9.22. The van der Waals surface area contributed by atoms with Crippen LogP contribution in [0.3, 0.4) is 0 Å². The Hall–Kier alpha value is -4.43. The molecule has 0 spiro atoms. The number of nitrogens with zero attached hydrogens (tertiary/aromatic N) is 5. The number of ether oxygens (including phenoxy) is 2. The minimum absolute atomic E-state index is 0.0694. The van der Waals surface area contributed by atoms with E-state index >= 15 is 0 Å². The molecule has 1 fully saturated rings. The molecule has 3 heterocycles. The molecule has 0 radical (unpaired) electrons. The number of rotatable bonds is 8. The molecule has 8 heteroatoms. The highest BCUT2D eigenvalue weighted by Crippen LogP contribution is 2.27. The number of likely N-dealkylation sites (tertiary alicyclic amines) is 1. The van der Waals surface area contributed by atoms with E-state index in [9.17, 15) is 4.79 Å². The molecule has 1 aliphatic heterocycles. The van der Waals surface area contributed by atoms with E-state index in [-0.39, 0.29) is 5.78 Å². The number of carbonyl (C=O) groups excluding carboxylic acids is 1. The van der Waals surface area contributed by atoms with Crippen molar-refractivity contribution in [3.8, 4) is 11.5 Å². The molecular weight excluding hydrogens is 526 g/mol. The third kappa shape index (κ3) is 6.39. The number of methoxy groups -OCH3 is 2. The number of ketones is 1. The Morgan fingerprint density at radius 2 is 1.14 bits per heavy atom. The van der Waals surface area contributed by atoms with Gasteiger partial charge in [0.25, 0.3) is 0 Å². The lowest BCUT2D eigenvalue weighted by Gasteiger charge is -2.26. The number of benzene rings is 2. The molecule has 1 saturated heterocycles. The number of carbonyl (C=O) groups is 1. The molecule has 0 saturated carbocycles. The van der Waals surface area contributed by atoms with Crippen molar-refractivity contribution in [2.24, 2.45) is 0 Å². The Labute approximate surface area is 247 Å². The lowest BCUT2D eigenvalue weighted by atomic mass is 9.94. The van der Waals surface area contributed by atoms with E-state index in [1.54, 1.807) is 14.2 Å². The average molecular weight is 566 g/mol. The van der Waals surface area contributed by atoms with Gasteiger partial charge in [0.05, 0.1) is 38.7 Å². The van der Waals surface area contributed by atoms with Gasteiger partial charge < -0.3 is 9.47 Å². The van der Waals surface area contributed by atoms with Crippen LogP contribution in [0.5, 0.6) is 11.5 Å². The largest absolute Gasteiger partial charge is 0.496 e. The number of hydrogen-bond acceptors (Lipinski definition) is 6. The molecule has 42 heavy (non-hydrogen) atoms. The van der Waals surface area contributed by atoms with Crippen LogP contribution in [0.2, 0.25) is 0 Å². The highest BCUT2D eigenvalue weighted by atomic mass is 16.5. The van der Waals surface area contributed by atoms with Crippen molar-refractivity contribution in [1.29, 1.82) is 0 Å². The number of Topliss-reactive ketones (excluding diaryl/α,β-unsaturated/α-hetero) is 1. The molecular formula is C34H39N5O3. The molecule has 0 bridgehead atoms. The van der Waals surface area contributed by atoms with Crippen LogP contribution in [0, 0.1) is 27.7 Å². The van der Waals surface area contributed by atoms with Crippen LogP contribution in [-0.2, 0) is 17.9 Å². The molecule has 1 aliphatic rings. The topological polar surface area (TPSA) is 74.4 Å². The van der Waals surface area contributed by atoms with Crippen LogP contribution in [0.15, 0.2) is 59.7 Å². The van der Waals surface area contributed by atoms with Gasteiger partial charge in [-0.15, -0.1) is 0 Å². The summed E-state index contributed by atoms with van der Waals surface area (Å²) in [5.74, 6) is 1.67. The SMILES string of the molecule is COc1ccc(C=C2CN(C)CC(=Cc3ccc(OC)c(Cn4nc(C)cc4C)c3)C2=O)cc1Cn1nc(C)cc1C. The van der Waals surface area contributed by atoms with Gasteiger partial charge in [0.2, 0.25) is 0 Å². The molecule has 218 valence electrons. The van der Waals surface area contributed by atoms with Crippen LogP contribution in [0.4, 0.5) is 0 Å². The number of aromatic nitrogens is 4. The van der Waals surface area contributed by atoms with Gasteiger partial charge >= 0.3 is 0 Å². The normalized spacial score (nSPS) is 16.0. The maximum atomic E-state index is 13.7. The summed E-state index contributed by atoms with van der Waals surface area (Å²) in [6.45, 7) is 10.4. The summed E-state index contributed by atoms with van der Waals surface area (Å²) < 4.78 is 15.2. The third-order valence-corrected chi connectivity index (χ3v) is 7.60. The minimum Gasteiger partial charge on any atom is -0.496 e. The quantitative estimate of drug-likeness (QED) is 0.266. The zero-order valence-electron chi connectivity index (χ0n) is 25.6. The Bertz CT molecular complexity index is 1570. The minimum atomic E-state index is 0.0694. The first-order chi connectivity index (χ1) is 20.1. The fourth-order valence-electron chi connectivity index (χ4n) is 5.63. The summed E-state index contributed by atoms with van der Waals surface area (Å²) in [6.07, 6.45) is 4.00. The molecule has 0 atom stereocenters. The van der Waals surface area contributed by atoms with Crippen LogP contribution in [-0.4, -0.2) is 64.6 Å². The predicted octanol–water partition coefficient (Wildman–Crippen LogP) is 5.41. The van der Waals surface area contributed by atoms with E-state index in [0.717, 1.165) is 67.7 Å². The van der Waals surface area contributed by atoms with Crippen molar-refractivity contribution in [2.75, 3.05) is 34.4 Å². The van der Waals surface area contributed by atoms with Gasteiger partial charge in [-0.1, -0.05) is 12.1 Å². The van der Waals surface area contributed by atoms with E-state index < -0.39 is 0 Å². The van der Waals surface area contributed by atoms with E-state index in [1.807, 2.05) is 80.5 Å². The maximum absolute atomic E-state index is 13.7. The number of likely N-dealkylation sites (N-methyl/N-ethyl adjacent to an activating group) is 1. The van der Waals surface area contributed by atoms with Crippen molar-refractivity contribution in [1.82, 2.24) is 24.5 Å². The number of hydrogen-bond donors (Lipinski definition) is 0. The molecule has 0 aliphatic carbocycles. The van der Waals surface area contributed by atoms with E-state index in [0.29, 0.717) is 26.2 Å².